The number of hydrogen-bond acceptors (Lipinski definition) is 7. The lowest BCUT2D eigenvalue weighted by Crippen LogP contribution is -2.41. The number of ether oxygens (including phenoxy) is 1. The van der Waals surface area contributed by atoms with Gasteiger partial charge in [-0.1, -0.05) is 12.1 Å². The number of morpholine rings is 1. The van der Waals surface area contributed by atoms with E-state index in [1.807, 2.05) is 36.6 Å². The summed E-state index contributed by atoms with van der Waals surface area (Å²) >= 11 is 0. The van der Waals surface area contributed by atoms with Gasteiger partial charge < -0.3 is 14.7 Å². The fourth-order valence-corrected chi connectivity index (χ4v) is 5.66. The summed E-state index contributed by atoms with van der Waals surface area (Å²) in [6.07, 6.45) is -0.885. The minimum Gasteiger partial charge on any atom is -0.390 e. The molecule has 0 saturated carbocycles. The van der Waals surface area contributed by atoms with Crippen LogP contribution < -0.4 is 4.90 Å². The molecule has 0 aliphatic carbocycles. The van der Waals surface area contributed by atoms with Gasteiger partial charge in [-0.2, -0.15) is 9.61 Å². The van der Waals surface area contributed by atoms with Gasteiger partial charge in [0.2, 0.25) is 0 Å². The van der Waals surface area contributed by atoms with Gasteiger partial charge in [0.05, 0.1) is 35.5 Å². The zero-order chi connectivity index (χ0) is 26.4. The van der Waals surface area contributed by atoms with Crippen molar-refractivity contribution in [3.05, 3.63) is 47.9 Å². The predicted octanol–water partition coefficient (Wildman–Crippen LogP) is 3.83. The number of anilines is 1. The standard InChI is InChI=1S/C27H33F2N7O2/c1-27(2,37)18-7-9-33(10-8-18)17-19-15-23-31-22(16-24(36(23)32-19)34-11-13-38-14-12-34)35-21-6-4-3-5-20(21)30-26(35)25(28)29/h3-6,15-16,18,25,37H,7-14,17H2,1-2H3. The Morgan fingerprint density at radius 1 is 1.05 bits per heavy atom. The van der Waals surface area contributed by atoms with Crippen LogP contribution in [0.15, 0.2) is 36.4 Å². The van der Waals surface area contributed by atoms with Crippen LogP contribution in [-0.4, -0.2) is 79.1 Å². The van der Waals surface area contributed by atoms with Crippen LogP contribution in [0.1, 0.15) is 44.6 Å². The largest absolute Gasteiger partial charge is 0.390 e. The molecule has 0 amide bonds. The lowest BCUT2D eigenvalue weighted by atomic mass is 9.83. The second-order valence-corrected chi connectivity index (χ2v) is 10.8. The summed E-state index contributed by atoms with van der Waals surface area (Å²) < 4.78 is 37.0. The molecule has 1 aromatic carbocycles. The lowest BCUT2D eigenvalue weighted by molar-refractivity contribution is -0.0137. The van der Waals surface area contributed by atoms with Gasteiger partial charge in [0.25, 0.3) is 6.43 Å². The lowest BCUT2D eigenvalue weighted by Gasteiger charge is -2.37. The maximum absolute atomic E-state index is 14.1. The number of rotatable bonds is 6. The SMILES string of the molecule is CC(C)(O)C1CCN(Cc2cc3nc(-n4c(C(F)F)nc5ccccc54)cc(N4CCOCC4)n3n2)CC1. The van der Waals surface area contributed by atoms with Crippen molar-refractivity contribution >= 4 is 22.5 Å². The number of aromatic nitrogens is 5. The van der Waals surface area contributed by atoms with E-state index < -0.39 is 12.0 Å². The molecule has 0 spiro atoms. The summed E-state index contributed by atoms with van der Waals surface area (Å²) in [4.78, 5) is 13.5. The maximum atomic E-state index is 14.1. The fourth-order valence-electron chi connectivity index (χ4n) is 5.66. The Balaban J connectivity index is 1.39. The highest BCUT2D eigenvalue weighted by atomic mass is 19.3. The molecule has 4 aromatic rings. The minimum atomic E-state index is -2.75. The monoisotopic (exact) mass is 525 g/mol. The third kappa shape index (κ3) is 4.74. The van der Waals surface area contributed by atoms with Crippen molar-refractivity contribution < 1.29 is 18.6 Å². The molecular formula is C27H33F2N7O2. The Bertz CT molecular complexity index is 1430. The molecule has 9 nitrogen and oxygen atoms in total. The van der Waals surface area contributed by atoms with Gasteiger partial charge in [-0.05, 0) is 57.8 Å². The van der Waals surface area contributed by atoms with Crippen molar-refractivity contribution in [1.82, 2.24) is 29.0 Å². The molecule has 202 valence electrons. The third-order valence-corrected chi connectivity index (χ3v) is 7.76. The number of aliphatic hydroxyl groups is 1. The van der Waals surface area contributed by atoms with Crippen LogP contribution in [0, 0.1) is 5.92 Å². The van der Waals surface area contributed by atoms with Gasteiger partial charge in [-0.15, -0.1) is 0 Å². The van der Waals surface area contributed by atoms with Crippen molar-refractivity contribution in [2.75, 3.05) is 44.3 Å². The molecule has 0 atom stereocenters. The Hall–Kier alpha value is -3.15. The van der Waals surface area contributed by atoms with Crippen LogP contribution in [0.5, 0.6) is 0 Å². The summed E-state index contributed by atoms with van der Waals surface area (Å²) in [7, 11) is 0. The molecule has 2 aliphatic rings. The van der Waals surface area contributed by atoms with Crippen LogP contribution in [-0.2, 0) is 11.3 Å². The van der Waals surface area contributed by atoms with Crippen molar-refractivity contribution in [1.29, 1.82) is 0 Å². The zero-order valence-corrected chi connectivity index (χ0v) is 21.7. The molecule has 6 rings (SSSR count). The van der Waals surface area contributed by atoms with Crippen molar-refractivity contribution in [2.45, 2.75) is 45.3 Å². The van der Waals surface area contributed by atoms with Crippen LogP contribution in [0.2, 0.25) is 0 Å². The number of likely N-dealkylation sites (tertiary alicyclic amines) is 1. The number of halogens is 2. The van der Waals surface area contributed by atoms with Gasteiger partial charge in [0.15, 0.2) is 11.5 Å². The fraction of sp³-hybridized carbons (Fsp3) is 0.519. The van der Waals surface area contributed by atoms with Gasteiger partial charge >= 0.3 is 0 Å². The average Bonchev–Trinajstić information content (AvgIpc) is 3.49. The molecule has 0 bridgehead atoms. The van der Waals surface area contributed by atoms with Gasteiger partial charge in [-0.25, -0.2) is 18.7 Å². The molecule has 2 saturated heterocycles. The predicted molar refractivity (Wildman–Crippen MR) is 140 cm³/mol. The summed E-state index contributed by atoms with van der Waals surface area (Å²) in [6.45, 7) is 8.71. The Kier molecular flexibility index (Phi) is 6.53. The molecule has 3 aromatic heterocycles. The van der Waals surface area contributed by atoms with E-state index in [2.05, 4.69) is 14.8 Å². The number of fused-ring (bicyclic) bond motifs is 2. The number of hydrogen-bond donors (Lipinski definition) is 1. The normalized spacial score (nSPS) is 18.3. The zero-order valence-electron chi connectivity index (χ0n) is 21.7. The van der Waals surface area contributed by atoms with E-state index in [1.165, 1.54) is 4.57 Å². The Labute approximate surface area is 219 Å². The summed E-state index contributed by atoms with van der Waals surface area (Å²) in [6, 6.07) is 10.9. The third-order valence-electron chi connectivity index (χ3n) is 7.76. The minimum absolute atomic E-state index is 0.283. The van der Waals surface area contributed by atoms with Gasteiger partial charge in [0, 0.05) is 31.8 Å². The topological polar surface area (TPSA) is 84.0 Å². The number of piperidine rings is 1. The van der Waals surface area contributed by atoms with Crippen molar-refractivity contribution in [3.63, 3.8) is 0 Å². The van der Waals surface area contributed by atoms with Crippen LogP contribution in [0.25, 0.3) is 22.5 Å². The van der Waals surface area contributed by atoms with E-state index in [9.17, 15) is 13.9 Å². The molecule has 2 aliphatic heterocycles. The second-order valence-electron chi connectivity index (χ2n) is 10.8. The smallest absolute Gasteiger partial charge is 0.296 e. The highest BCUT2D eigenvalue weighted by Crippen LogP contribution is 2.31. The highest BCUT2D eigenvalue weighted by molar-refractivity contribution is 5.78. The summed E-state index contributed by atoms with van der Waals surface area (Å²) in [5.74, 6) is 1.13. The first-order valence-electron chi connectivity index (χ1n) is 13.2. The summed E-state index contributed by atoms with van der Waals surface area (Å²) in [5.41, 5.74) is 1.89. The van der Waals surface area contributed by atoms with E-state index in [0.717, 1.165) is 37.4 Å². The average molecular weight is 526 g/mol. The van der Waals surface area contributed by atoms with Crippen molar-refractivity contribution in [3.8, 4) is 5.82 Å². The first kappa shape index (κ1) is 25.1. The molecule has 0 radical (unpaired) electrons. The van der Waals surface area contributed by atoms with Crippen LogP contribution in [0.4, 0.5) is 14.6 Å². The van der Waals surface area contributed by atoms with E-state index in [0.29, 0.717) is 55.3 Å². The van der Waals surface area contributed by atoms with Crippen LogP contribution >= 0.6 is 0 Å². The maximum Gasteiger partial charge on any atom is 0.296 e. The summed E-state index contributed by atoms with van der Waals surface area (Å²) in [5, 5.41) is 15.3. The Morgan fingerprint density at radius 2 is 1.79 bits per heavy atom. The number of nitrogens with zero attached hydrogens (tertiary/aromatic N) is 7. The van der Waals surface area contributed by atoms with E-state index in [-0.39, 0.29) is 11.7 Å². The first-order valence-corrected chi connectivity index (χ1v) is 13.2. The number of imidazole rings is 1. The number of benzene rings is 1. The molecule has 1 N–H and O–H groups in total. The molecule has 5 heterocycles. The molecule has 11 heteroatoms. The molecular weight excluding hydrogens is 492 g/mol. The molecule has 2 fully saturated rings. The van der Waals surface area contributed by atoms with Crippen molar-refractivity contribution in [2.24, 2.45) is 5.92 Å². The molecule has 0 unspecified atom stereocenters. The first-order chi connectivity index (χ1) is 18.3. The Morgan fingerprint density at radius 3 is 2.50 bits per heavy atom. The number of para-hydroxylation sites is 2. The van der Waals surface area contributed by atoms with E-state index in [1.54, 1.807) is 18.2 Å². The van der Waals surface area contributed by atoms with Gasteiger partial charge in [0.1, 0.15) is 11.6 Å². The van der Waals surface area contributed by atoms with E-state index >= 15 is 0 Å². The highest BCUT2D eigenvalue weighted by Gasteiger charge is 2.31. The second kappa shape index (κ2) is 9.87. The van der Waals surface area contributed by atoms with Crippen LogP contribution in [0.3, 0.4) is 0 Å². The quantitative estimate of drug-likeness (QED) is 0.410. The molecule has 38 heavy (non-hydrogen) atoms. The van der Waals surface area contributed by atoms with E-state index in [4.69, 9.17) is 14.8 Å². The van der Waals surface area contributed by atoms with Gasteiger partial charge in [-0.3, -0.25) is 9.47 Å². The number of alkyl halides is 2.